The Labute approximate surface area is 162 Å². The zero-order valence-electron chi connectivity index (χ0n) is 15.4. The first-order valence-corrected chi connectivity index (χ1v) is 9.17. The molecular weight excluding hydrogens is 350 g/mol. The average Bonchev–Trinajstić information content (AvgIpc) is 2.74. The zero-order chi connectivity index (χ0) is 19.7. The molecule has 1 heterocycles. The molecule has 0 aliphatic heterocycles. The molecule has 4 aromatic rings. The fraction of sp³-hybridized carbons (Fsp3) is 0.0833. The lowest BCUT2D eigenvalue weighted by Crippen LogP contribution is -2.14. The second-order valence-electron chi connectivity index (χ2n) is 6.64. The van der Waals surface area contributed by atoms with Gasteiger partial charge in [-0.2, -0.15) is 0 Å². The van der Waals surface area contributed by atoms with Crippen LogP contribution >= 0.6 is 0 Å². The van der Waals surface area contributed by atoms with E-state index in [1.165, 1.54) is 6.07 Å². The van der Waals surface area contributed by atoms with Crippen LogP contribution in [0, 0.1) is 0 Å². The summed E-state index contributed by atoms with van der Waals surface area (Å²) in [4.78, 5) is 28.4. The van der Waals surface area contributed by atoms with E-state index >= 15 is 0 Å². The van der Waals surface area contributed by atoms with Crippen LogP contribution in [0.2, 0.25) is 0 Å². The van der Waals surface area contributed by atoms with Crippen molar-refractivity contribution < 1.29 is 9.90 Å². The number of rotatable bonds is 4. The summed E-state index contributed by atoms with van der Waals surface area (Å²) >= 11 is 0. The highest BCUT2D eigenvalue weighted by atomic mass is 16.4. The van der Waals surface area contributed by atoms with Gasteiger partial charge < -0.3 is 10.1 Å². The molecule has 0 spiro atoms. The van der Waals surface area contributed by atoms with Gasteiger partial charge in [0.25, 0.3) is 0 Å². The lowest BCUT2D eigenvalue weighted by Gasteiger charge is -2.14. The predicted octanol–water partition coefficient (Wildman–Crippen LogP) is 5.12. The Morgan fingerprint density at radius 2 is 1.54 bits per heavy atom. The van der Waals surface area contributed by atoms with E-state index in [1.54, 1.807) is 6.07 Å². The third kappa shape index (κ3) is 2.99. The summed E-state index contributed by atoms with van der Waals surface area (Å²) in [6.07, 6.45) is 0.549. The molecule has 28 heavy (non-hydrogen) atoms. The molecule has 4 nitrogen and oxygen atoms in total. The number of nitrogens with one attached hydrogen (secondary N) is 1. The van der Waals surface area contributed by atoms with Crippen LogP contribution in [0.4, 0.5) is 0 Å². The topological polar surface area (TPSA) is 70.2 Å². The van der Waals surface area contributed by atoms with Gasteiger partial charge in [0.15, 0.2) is 5.43 Å². The van der Waals surface area contributed by atoms with Gasteiger partial charge in [-0.1, -0.05) is 67.6 Å². The molecule has 3 aromatic carbocycles. The highest BCUT2D eigenvalue weighted by Gasteiger charge is 2.18. The van der Waals surface area contributed by atoms with Crippen LogP contribution in [-0.4, -0.2) is 16.1 Å². The molecule has 0 aliphatic rings. The molecule has 4 heteroatoms. The second-order valence-corrected chi connectivity index (χ2v) is 6.64. The quantitative estimate of drug-likeness (QED) is 0.524. The molecule has 0 amide bonds. The lowest BCUT2D eigenvalue weighted by molar-refractivity contribution is 0.0697. The minimum absolute atomic E-state index is 0.103. The number of hydrogen-bond acceptors (Lipinski definition) is 2. The highest BCUT2D eigenvalue weighted by Crippen LogP contribution is 2.31. The SMILES string of the molecule is CCc1c(-c2ccccc2)[nH]c2c(-c3ccccc3)cc(C(=O)O)cc2c1=O. The fourth-order valence-corrected chi connectivity index (χ4v) is 3.59. The number of aromatic amines is 1. The number of aromatic carboxylic acids is 1. The number of carboxylic acid groups (broad SMARTS) is 1. The third-order valence-corrected chi connectivity index (χ3v) is 4.96. The molecule has 0 saturated carbocycles. The number of pyridine rings is 1. The third-order valence-electron chi connectivity index (χ3n) is 4.96. The molecular formula is C24H19NO3. The van der Waals surface area contributed by atoms with Gasteiger partial charge in [-0.05, 0) is 29.7 Å². The molecule has 0 fully saturated rings. The van der Waals surface area contributed by atoms with Crippen LogP contribution in [0.25, 0.3) is 33.3 Å². The molecule has 0 radical (unpaired) electrons. The molecule has 138 valence electrons. The van der Waals surface area contributed by atoms with Gasteiger partial charge >= 0.3 is 5.97 Å². The van der Waals surface area contributed by atoms with Gasteiger partial charge in [0, 0.05) is 16.5 Å². The molecule has 1 aromatic heterocycles. The minimum Gasteiger partial charge on any atom is -0.478 e. The first kappa shape index (κ1) is 17.7. The van der Waals surface area contributed by atoms with E-state index in [1.807, 2.05) is 67.6 Å². The fourth-order valence-electron chi connectivity index (χ4n) is 3.59. The Kier molecular flexibility index (Phi) is 4.53. The van der Waals surface area contributed by atoms with Crippen molar-refractivity contribution in [1.82, 2.24) is 4.98 Å². The summed E-state index contributed by atoms with van der Waals surface area (Å²) in [6, 6.07) is 22.3. The summed E-state index contributed by atoms with van der Waals surface area (Å²) < 4.78 is 0. The van der Waals surface area contributed by atoms with E-state index in [4.69, 9.17) is 0 Å². The number of fused-ring (bicyclic) bond motifs is 1. The van der Waals surface area contributed by atoms with E-state index < -0.39 is 5.97 Å². The van der Waals surface area contributed by atoms with Crippen LogP contribution in [0.15, 0.2) is 77.6 Å². The largest absolute Gasteiger partial charge is 0.478 e. The van der Waals surface area contributed by atoms with Gasteiger partial charge in [0.05, 0.1) is 16.8 Å². The van der Waals surface area contributed by atoms with Crippen molar-refractivity contribution >= 4 is 16.9 Å². The summed E-state index contributed by atoms with van der Waals surface area (Å²) in [5.41, 5.74) is 4.54. The maximum absolute atomic E-state index is 13.3. The monoisotopic (exact) mass is 369 g/mol. The number of hydrogen-bond donors (Lipinski definition) is 2. The summed E-state index contributed by atoms with van der Waals surface area (Å²) in [5, 5.41) is 9.95. The van der Waals surface area contributed by atoms with Crippen LogP contribution in [-0.2, 0) is 6.42 Å². The zero-order valence-corrected chi connectivity index (χ0v) is 15.4. The molecule has 0 aliphatic carbocycles. The van der Waals surface area contributed by atoms with Crippen molar-refractivity contribution in [3.05, 3.63) is 94.1 Å². The van der Waals surface area contributed by atoms with Crippen LogP contribution in [0.3, 0.4) is 0 Å². The minimum atomic E-state index is -1.05. The summed E-state index contributed by atoms with van der Waals surface area (Å²) in [5.74, 6) is -1.05. The van der Waals surface area contributed by atoms with E-state index in [0.717, 1.165) is 16.8 Å². The van der Waals surface area contributed by atoms with Gasteiger partial charge in [0.1, 0.15) is 0 Å². The first-order valence-electron chi connectivity index (χ1n) is 9.17. The van der Waals surface area contributed by atoms with Gasteiger partial charge in [-0.3, -0.25) is 4.79 Å². The smallest absolute Gasteiger partial charge is 0.335 e. The van der Waals surface area contributed by atoms with E-state index in [2.05, 4.69) is 4.98 Å². The molecule has 2 N–H and O–H groups in total. The van der Waals surface area contributed by atoms with Crippen molar-refractivity contribution in [2.24, 2.45) is 0 Å². The molecule has 0 atom stereocenters. The van der Waals surface area contributed by atoms with Gasteiger partial charge in [-0.25, -0.2) is 4.79 Å². The Morgan fingerprint density at radius 3 is 2.11 bits per heavy atom. The lowest BCUT2D eigenvalue weighted by atomic mass is 9.95. The number of aromatic nitrogens is 1. The van der Waals surface area contributed by atoms with E-state index in [0.29, 0.717) is 28.5 Å². The molecule has 0 saturated heterocycles. The molecule has 0 unspecified atom stereocenters. The van der Waals surface area contributed by atoms with E-state index in [-0.39, 0.29) is 11.0 Å². The van der Waals surface area contributed by atoms with Crippen LogP contribution in [0.1, 0.15) is 22.8 Å². The molecule has 4 rings (SSSR count). The Hall–Kier alpha value is -3.66. The van der Waals surface area contributed by atoms with Gasteiger partial charge in [-0.15, -0.1) is 0 Å². The average molecular weight is 369 g/mol. The maximum atomic E-state index is 13.3. The predicted molar refractivity (Wildman–Crippen MR) is 112 cm³/mol. The van der Waals surface area contributed by atoms with Crippen molar-refractivity contribution in [3.8, 4) is 22.4 Å². The number of carboxylic acids is 1. The second kappa shape index (κ2) is 7.16. The van der Waals surface area contributed by atoms with Crippen molar-refractivity contribution in [2.45, 2.75) is 13.3 Å². The van der Waals surface area contributed by atoms with E-state index in [9.17, 15) is 14.7 Å². The number of carbonyl (C=O) groups is 1. The molecule has 0 bridgehead atoms. The Morgan fingerprint density at radius 1 is 0.929 bits per heavy atom. The highest BCUT2D eigenvalue weighted by molar-refractivity contribution is 6.01. The van der Waals surface area contributed by atoms with Gasteiger partial charge in [0.2, 0.25) is 0 Å². The Balaban J connectivity index is 2.15. The standard InChI is InChI=1S/C24H19NO3/c1-2-18-21(16-11-7-4-8-12-16)25-22-19(15-9-5-3-6-10-15)13-17(24(27)28)14-20(22)23(18)26/h3-14H,2H2,1H3,(H,25,26)(H,27,28). The van der Waals surface area contributed by atoms with Crippen molar-refractivity contribution in [2.75, 3.05) is 0 Å². The number of H-pyrrole nitrogens is 1. The summed E-state index contributed by atoms with van der Waals surface area (Å²) in [6.45, 7) is 1.93. The normalized spacial score (nSPS) is 10.9. The van der Waals surface area contributed by atoms with Crippen molar-refractivity contribution in [1.29, 1.82) is 0 Å². The summed E-state index contributed by atoms with van der Waals surface area (Å²) in [7, 11) is 0. The number of benzene rings is 3. The van der Waals surface area contributed by atoms with Crippen LogP contribution < -0.4 is 5.43 Å². The Bertz CT molecular complexity index is 1230. The van der Waals surface area contributed by atoms with Crippen LogP contribution in [0.5, 0.6) is 0 Å². The maximum Gasteiger partial charge on any atom is 0.335 e. The first-order chi connectivity index (χ1) is 13.6. The van der Waals surface area contributed by atoms with Crippen molar-refractivity contribution in [3.63, 3.8) is 0 Å².